The summed E-state index contributed by atoms with van der Waals surface area (Å²) in [4.78, 5) is 5.37. The predicted octanol–water partition coefficient (Wildman–Crippen LogP) is 14.2. The third-order valence-corrected chi connectivity index (χ3v) is 10.9. The molecule has 0 spiro atoms. The maximum Gasteiger partial charge on any atom is 0.0715 e. The topological polar surface area (TPSA) is 24.9 Å². The Morgan fingerprint density at radius 2 is 0.839 bits per heavy atom. The lowest BCUT2D eigenvalue weighted by molar-refractivity contribution is 0.974. The average molecular weight is 715 g/mol. The molecule has 2 heterocycles. The molecule has 0 saturated carbocycles. The molecule has 0 aliphatic carbocycles. The Kier molecular flexibility index (Phi) is 8.62. The maximum absolute atomic E-state index is 5.37. The minimum atomic E-state index is 0.0585. The number of hydrogen-bond donors (Lipinski definition) is 1. The van der Waals surface area contributed by atoms with Crippen molar-refractivity contribution in [3.05, 3.63) is 235 Å². The summed E-state index contributed by atoms with van der Waals surface area (Å²) in [6, 6.07) is 76.1. The molecule has 264 valence electrons. The standard InChI is InChI=1S/C54H38N2/c1-5-15-37(16-6-1)42-23-13-25-45(31-42)51-34-47(35-52(56-51)46-26-14-24-43(32-46)38-17-7-2-8-18-38)44-28-27-40-29-30-50-54(48(40)33-44)49(39-19-9-3-10-20-39)36-53(55-50)41-21-11-4-12-22-41/h1-36,53,55H. The fourth-order valence-corrected chi connectivity index (χ4v) is 8.04. The zero-order chi connectivity index (χ0) is 37.3. The molecule has 1 unspecified atom stereocenters. The van der Waals surface area contributed by atoms with Gasteiger partial charge >= 0.3 is 0 Å². The van der Waals surface area contributed by atoms with Gasteiger partial charge in [0.1, 0.15) is 0 Å². The fraction of sp³-hybridized carbons (Fsp3) is 0.0185. The summed E-state index contributed by atoms with van der Waals surface area (Å²) >= 11 is 0. The lowest BCUT2D eigenvalue weighted by atomic mass is 9.85. The predicted molar refractivity (Wildman–Crippen MR) is 235 cm³/mol. The van der Waals surface area contributed by atoms with Crippen molar-refractivity contribution >= 4 is 22.0 Å². The van der Waals surface area contributed by atoms with Crippen molar-refractivity contribution in [1.29, 1.82) is 0 Å². The van der Waals surface area contributed by atoms with Gasteiger partial charge < -0.3 is 5.32 Å². The highest BCUT2D eigenvalue weighted by atomic mass is 14.9. The van der Waals surface area contributed by atoms with Gasteiger partial charge in [0.2, 0.25) is 0 Å². The van der Waals surface area contributed by atoms with Crippen LogP contribution in [0.4, 0.5) is 5.69 Å². The van der Waals surface area contributed by atoms with Gasteiger partial charge in [0.15, 0.2) is 0 Å². The van der Waals surface area contributed by atoms with Crippen molar-refractivity contribution in [3.63, 3.8) is 0 Å². The maximum atomic E-state index is 5.37. The Balaban J connectivity index is 1.15. The molecule has 1 aliphatic rings. The summed E-state index contributed by atoms with van der Waals surface area (Å²) < 4.78 is 0. The van der Waals surface area contributed by atoms with E-state index >= 15 is 0 Å². The number of nitrogens with zero attached hydrogens (tertiary/aromatic N) is 1. The molecule has 1 aromatic heterocycles. The number of fused-ring (bicyclic) bond motifs is 3. The molecule has 56 heavy (non-hydrogen) atoms. The lowest BCUT2D eigenvalue weighted by Crippen LogP contribution is -2.15. The first-order valence-electron chi connectivity index (χ1n) is 19.2. The Morgan fingerprint density at radius 1 is 0.357 bits per heavy atom. The quantitative estimate of drug-likeness (QED) is 0.178. The highest BCUT2D eigenvalue weighted by Gasteiger charge is 2.24. The summed E-state index contributed by atoms with van der Waals surface area (Å²) in [6.07, 6.45) is 2.39. The molecule has 1 atom stereocenters. The second-order valence-electron chi connectivity index (χ2n) is 14.4. The minimum absolute atomic E-state index is 0.0585. The monoisotopic (exact) mass is 714 g/mol. The molecule has 9 aromatic rings. The van der Waals surface area contributed by atoms with E-state index in [-0.39, 0.29) is 6.04 Å². The SMILES string of the molecule is C1=C(c2ccccc2)c2c(ccc3ccc(-c4cc(-c5cccc(-c6ccccc6)c5)nc(-c5cccc(-c6ccccc6)c5)c4)cc23)NC1c1ccccc1. The summed E-state index contributed by atoms with van der Waals surface area (Å²) in [5, 5.41) is 6.29. The fourth-order valence-electron chi connectivity index (χ4n) is 8.04. The van der Waals surface area contributed by atoms with Gasteiger partial charge in [-0.1, -0.05) is 176 Å². The number of pyridine rings is 1. The highest BCUT2D eigenvalue weighted by Crippen LogP contribution is 2.44. The zero-order valence-electron chi connectivity index (χ0n) is 30.8. The van der Waals surface area contributed by atoms with E-state index in [0.29, 0.717) is 0 Å². The van der Waals surface area contributed by atoms with E-state index in [0.717, 1.165) is 39.3 Å². The van der Waals surface area contributed by atoms with Crippen molar-refractivity contribution < 1.29 is 0 Å². The third-order valence-electron chi connectivity index (χ3n) is 10.9. The molecule has 8 aromatic carbocycles. The summed E-state index contributed by atoms with van der Waals surface area (Å²) in [7, 11) is 0. The van der Waals surface area contributed by atoms with Gasteiger partial charge in [-0.3, -0.25) is 0 Å². The van der Waals surface area contributed by atoms with Gasteiger partial charge in [0.25, 0.3) is 0 Å². The molecule has 1 N–H and O–H groups in total. The second kappa shape index (κ2) is 14.5. The Labute approximate surface area is 328 Å². The number of rotatable bonds is 7. The number of anilines is 1. The van der Waals surface area contributed by atoms with Crippen LogP contribution in [0.3, 0.4) is 0 Å². The third kappa shape index (κ3) is 6.48. The van der Waals surface area contributed by atoms with Gasteiger partial charge in [0, 0.05) is 22.4 Å². The summed E-state index contributed by atoms with van der Waals surface area (Å²) in [5.41, 5.74) is 17.1. The van der Waals surface area contributed by atoms with Crippen LogP contribution in [-0.4, -0.2) is 4.98 Å². The van der Waals surface area contributed by atoms with E-state index in [1.165, 1.54) is 55.3 Å². The normalized spacial score (nSPS) is 13.4. The van der Waals surface area contributed by atoms with Crippen LogP contribution >= 0.6 is 0 Å². The molecular formula is C54H38N2. The molecule has 10 rings (SSSR count). The van der Waals surface area contributed by atoms with Crippen molar-refractivity contribution in [1.82, 2.24) is 4.98 Å². The van der Waals surface area contributed by atoms with E-state index in [1.54, 1.807) is 0 Å². The van der Waals surface area contributed by atoms with E-state index in [9.17, 15) is 0 Å². The number of benzene rings is 8. The molecule has 2 nitrogen and oxygen atoms in total. The van der Waals surface area contributed by atoms with Crippen LogP contribution in [-0.2, 0) is 0 Å². The number of hydrogen-bond acceptors (Lipinski definition) is 2. The van der Waals surface area contributed by atoms with E-state index < -0.39 is 0 Å². The number of nitrogens with one attached hydrogen (secondary N) is 1. The van der Waals surface area contributed by atoms with Crippen LogP contribution in [0.25, 0.3) is 72.2 Å². The number of aromatic nitrogens is 1. The first-order chi connectivity index (χ1) is 27.7. The van der Waals surface area contributed by atoms with Crippen LogP contribution in [0.5, 0.6) is 0 Å². The summed E-state index contributed by atoms with van der Waals surface area (Å²) in [6.45, 7) is 0. The Morgan fingerprint density at radius 3 is 1.43 bits per heavy atom. The molecule has 2 heteroatoms. The van der Waals surface area contributed by atoms with Crippen LogP contribution in [0.2, 0.25) is 0 Å². The molecule has 0 fully saturated rings. The largest absolute Gasteiger partial charge is 0.374 e. The lowest BCUT2D eigenvalue weighted by Gasteiger charge is -2.28. The highest BCUT2D eigenvalue weighted by molar-refractivity contribution is 6.05. The van der Waals surface area contributed by atoms with Crippen molar-refractivity contribution in [2.24, 2.45) is 0 Å². The average Bonchev–Trinajstić information content (AvgIpc) is 3.29. The van der Waals surface area contributed by atoms with E-state index in [4.69, 9.17) is 4.98 Å². The van der Waals surface area contributed by atoms with Crippen LogP contribution < -0.4 is 5.32 Å². The van der Waals surface area contributed by atoms with E-state index in [2.05, 4.69) is 224 Å². The molecular weight excluding hydrogens is 677 g/mol. The van der Waals surface area contributed by atoms with Gasteiger partial charge in [-0.15, -0.1) is 0 Å². The first-order valence-corrected chi connectivity index (χ1v) is 19.2. The summed E-state index contributed by atoms with van der Waals surface area (Å²) in [5.74, 6) is 0. The second-order valence-corrected chi connectivity index (χ2v) is 14.4. The van der Waals surface area contributed by atoms with Crippen LogP contribution in [0.15, 0.2) is 218 Å². The zero-order valence-corrected chi connectivity index (χ0v) is 30.8. The van der Waals surface area contributed by atoms with Gasteiger partial charge in [-0.25, -0.2) is 4.98 Å². The Hall–Kier alpha value is -7.29. The van der Waals surface area contributed by atoms with E-state index in [1.807, 2.05) is 0 Å². The molecule has 0 amide bonds. The molecule has 1 aliphatic heterocycles. The van der Waals surface area contributed by atoms with Crippen molar-refractivity contribution in [2.45, 2.75) is 6.04 Å². The Bertz CT molecular complexity index is 2760. The minimum Gasteiger partial charge on any atom is -0.374 e. The first kappa shape index (κ1) is 33.3. The molecule has 0 radical (unpaired) electrons. The van der Waals surface area contributed by atoms with Crippen LogP contribution in [0, 0.1) is 0 Å². The van der Waals surface area contributed by atoms with Crippen molar-refractivity contribution in [3.8, 4) is 55.9 Å². The van der Waals surface area contributed by atoms with Gasteiger partial charge in [-0.2, -0.15) is 0 Å². The van der Waals surface area contributed by atoms with Gasteiger partial charge in [-0.05, 0) is 103 Å². The molecule has 0 bridgehead atoms. The van der Waals surface area contributed by atoms with Crippen molar-refractivity contribution in [2.75, 3.05) is 5.32 Å². The van der Waals surface area contributed by atoms with Gasteiger partial charge in [0.05, 0.1) is 17.4 Å². The molecule has 0 saturated heterocycles. The van der Waals surface area contributed by atoms with Crippen LogP contribution in [0.1, 0.15) is 22.7 Å². The smallest absolute Gasteiger partial charge is 0.0715 e.